The van der Waals surface area contributed by atoms with Crippen LogP contribution in [-0.4, -0.2) is 30.9 Å². The molecule has 0 aliphatic heterocycles. The number of aromatic nitrogens is 2. The fraction of sp³-hybridized carbons (Fsp3) is 0.0588. The molecule has 0 saturated heterocycles. The second-order valence-corrected chi connectivity index (χ2v) is 7.38. The number of anilines is 1. The quantitative estimate of drug-likeness (QED) is 0.710. The van der Waals surface area contributed by atoms with Gasteiger partial charge in [-0.2, -0.15) is 0 Å². The van der Waals surface area contributed by atoms with Crippen molar-refractivity contribution in [1.29, 1.82) is 0 Å². The van der Waals surface area contributed by atoms with Crippen molar-refractivity contribution in [3.8, 4) is 16.9 Å². The maximum Gasteiger partial charge on any atom is 0.212 e. The number of hydrogen-bond acceptors (Lipinski definition) is 4. The summed E-state index contributed by atoms with van der Waals surface area (Å²) < 4.78 is 37.9. The van der Waals surface area contributed by atoms with Gasteiger partial charge in [0.1, 0.15) is 5.82 Å². The van der Waals surface area contributed by atoms with E-state index in [1.165, 1.54) is 24.3 Å². The van der Waals surface area contributed by atoms with Crippen LogP contribution in [0.4, 0.5) is 10.2 Å². The minimum Gasteiger partial charge on any atom is -0.312 e. The summed E-state index contributed by atoms with van der Waals surface area (Å²) in [5, 5.41) is 6.75. The summed E-state index contributed by atoms with van der Waals surface area (Å²) in [4.78, 5) is 10.9. The van der Waals surface area contributed by atoms with Gasteiger partial charge >= 0.3 is 0 Å². The van der Waals surface area contributed by atoms with Crippen LogP contribution in [0.25, 0.3) is 16.9 Å². The van der Waals surface area contributed by atoms with Gasteiger partial charge in [-0.3, -0.25) is 4.79 Å². The van der Waals surface area contributed by atoms with Gasteiger partial charge in [0.15, 0.2) is 15.7 Å². The van der Waals surface area contributed by atoms with Crippen molar-refractivity contribution in [1.82, 2.24) is 9.78 Å². The molecule has 1 heterocycles. The second-order valence-electron chi connectivity index (χ2n) is 5.36. The summed E-state index contributed by atoms with van der Waals surface area (Å²) in [7, 11) is -3.29. The van der Waals surface area contributed by atoms with E-state index < -0.39 is 9.84 Å². The van der Waals surface area contributed by atoms with Crippen LogP contribution in [0.1, 0.15) is 0 Å². The summed E-state index contributed by atoms with van der Waals surface area (Å²) in [6.07, 6.45) is 1.64. The highest BCUT2D eigenvalue weighted by molar-refractivity contribution is 7.90. The van der Waals surface area contributed by atoms with Crippen molar-refractivity contribution >= 4 is 22.1 Å². The lowest BCUT2D eigenvalue weighted by Crippen LogP contribution is -2.01. The van der Waals surface area contributed by atoms with Gasteiger partial charge in [0, 0.05) is 17.9 Å². The van der Waals surface area contributed by atoms with Crippen LogP contribution >= 0.6 is 0 Å². The molecule has 1 amide bonds. The van der Waals surface area contributed by atoms with Crippen molar-refractivity contribution in [2.45, 2.75) is 4.90 Å². The number of rotatable bonds is 5. The van der Waals surface area contributed by atoms with E-state index in [0.717, 1.165) is 6.26 Å². The minimum absolute atomic E-state index is 0.204. The minimum atomic E-state index is -3.29. The maximum atomic E-state index is 13.2. The molecule has 6 nitrogen and oxygen atoms in total. The predicted octanol–water partition coefficient (Wildman–Crippen LogP) is 2.65. The highest BCUT2D eigenvalue weighted by Crippen LogP contribution is 2.27. The van der Waals surface area contributed by atoms with E-state index >= 15 is 0 Å². The lowest BCUT2D eigenvalue weighted by atomic mass is 10.1. The lowest BCUT2D eigenvalue weighted by Gasteiger charge is -2.08. The molecule has 3 aromatic rings. The standard InChI is InChI=1S/C17H14FN3O3S/c1-25(23,24)15-8-2-12(3-9-15)16-10-17(19-11-22)20-21(16)14-6-4-13(18)5-7-14/h2-11H,1H3,(H,19,20,22). The summed E-state index contributed by atoms with van der Waals surface area (Å²) in [6.45, 7) is 0. The van der Waals surface area contributed by atoms with Crippen molar-refractivity contribution in [2.75, 3.05) is 11.6 Å². The molecule has 8 heteroatoms. The molecular weight excluding hydrogens is 345 g/mol. The van der Waals surface area contributed by atoms with Gasteiger partial charge in [-0.05, 0) is 36.4 Å². The highest BCUT2D eigenvalue weighted by atomic mass is 32.2. The van der Waals surface area contributed by atoms with Crippen molar-refractivity contribution in [2.24, 2.45) is 0 Å². The number of halogens is 1. The van der Waals surface area contributed by atoms with E-state index in [2.05, 4.69) is 10.4 Å². The zero-order valence-corrected chi connectivity index (χ0v) is 14.0. The van der Waals surface area contributed by atoms with E-state index in [4.69, 9.17) is 0 Å². The topological polar surface area (TPSA) is 81.1 Å². The molecule has 2 aromatic carbocycles. The normalized spacial score (nSPS) is 11.3. The zero-order chi connectivity index (χ0) is 18.0. The molecule has 0 spiro atoms. The second kappa shape index (κ2) is 6.48. The van der Waals surface area contributed by atoms with E-state index in [1.54, 1.807) is 35.0 Å². The Morgan fingerprint density at radius 2 is 1.72 bits per heavy atom. The Labute approximate surface area is 143 Å². The Morgan fingerprint density at radius 3 is 2.28 bits per heavy atom. The van der Waals surface area contributed by atoms with Crippen LogP contribution in [0.15, 0.2) is 59.5 Å². The average molecular weight is 359 g/mol. The Kier molecular flexibility index (Phi) is 4.37. The molecule has 0 bridgehead atoms. The average Bonchev–Trinajstić information content (AvgIpc) is 2.99. The molecule has 0 fully saturated rings. The van der Waals surface area contributed by atoms with Crippen LogP contribution in [0.5, 0.6) is 0 Å². The highest BCUT2D eigenvalue weighted by Gasteiger charge is 2.13. The smallest absolute Gasteiger partial charge is 0.212 e. The van der Waals surface area contributed by atoms with Crippen molar-refractivity contribution < 1.29 is 17.6 Å². The molecule has 0 radical (unpaired) electrons. The van der Waals surface area contributed by atoms with Gasteiger partial charge in [-0.25, -0.2) is 17.5 Å². The fourth-order valence-electron chi connectivity index (χ4n) is 2.37. The van der Waals surface area contributed by atoms with Crippen LogP contribution in [0.3, 0.4) is 0 Å². The predicted molar refractivity (Wildman–Crippen MR) is 91.8 cm³/mol. The van der Waals surface area contributed by atoms with Crippen LogP contribution < -0.4 is 5.32 Å². The molecule has 0 unspecified atom stereocenters. The molecule has 25 heavy (non-hydrogen) atoms. The van der Waals surface area contributed by atoms with Crippen LogP contribution in [-0.2, 0) is 14.6 Å². The van der Waals surface area contributed by atoms with Gasteiger partial charge in [0.2, 0.25) is 6.41 Å². The Hall–Kier alpha value is -3.00. The third-order valence-corrected chi connectivity index (χ3v) is 4.69. The van der Waals surface area contributed by atoms with E-state index in [0.29, 0.717) is 29.2 Å². The van der Waals surface area contributed by atoms with Crippen LogP contribution in [0.2, 0.25) is 0 Å². The first-order valence-electron chi connectivity index (χ1n) is 7.25. The molecule has 1 aromatic heterocycles. The fourth-order valence-corrected chi connectivity index (χ4v) is 3.00. The molecule has 3 rings (SSSR count). The summed E-state index contributed by atoms with van der Waals surface area (Å²) >= 11 is 0. The van der Waals surface area contributed by atoms with E-state index in [-0.39, 0.29) is 10.7 Å². The number of nitrogens with one attached hydrogen (secondary N) is 1. The molecule has 0 aliphatic carbocycles. The third-order valence-electron chi connectivity index (χ3n) is 3.57. The summed E-state index contributed by atoms with van der Waals surface area (Å²) in [5.74, 6) is -0.0530. The number of hydrogen-bond donors (Lipinski definition) is 1. The van der Waals surface area contributed by atoms with E-state index in [1.807, 2.05) is 0 Å². The van der Waals surface area contributed by atoms with Gasteiger partial charge in [-0.15, -0.1) is 5.10 Å². The van der Waals surface area contributed by atoms with Gasteiger partial charge in [0.25, 0.3) is 0 Å². The molecule has 128 valence electrons. The maximum absolute atomic E-state index is 13.2. The van der Waals surface area contributed by atoms with E-state index in [9.17, 15) is 17.6 Å². The molecule has 0 aliphatic rings. The summed E-state index contributed by atoms with van der Waals surface area (Å²) in [5.41, 5.74) is 1.92. The third kappa shape index (κ3) is 3.58. The largest absolute Gasteiger partial charge is 0.312 e. The number of sulfone groups is 1. The molecular formula is C17H14FN3O3S. The van der Waals surface area contributed by atoms with Crippen molar-refractivity contribution in [3.63, 3.8) is 0 Å². The van der Waals surface area contributed by atoms with Gasteiger partial charge < -0.3 is 5.32 Å². The first-order valence-corrected chi connectivity index (χ1v) is 9.14. The lowest BCUT2D eigenvalue weighted by molar-refractivity contribution is -0.105. The van der Waals surface area contributed by atoms with Crippen LogP contribution in [0, 0.1) is 5.82 Å². The number of nitrogens with zero attached hydrogens (tertiary/aromatic N) is 2. The number of benzene rings is 2. The number of carbonyl (C=O) groups is 1. The monoisotopic (exact) mass is 359 g/mol. The number of carbonyl (C=O) groups excluding carboxylic acids is 1. The van der Waals surface area contributed by atoms with Gasteiger partial charge in [-0.1, -0.05) is 12.1 Å². The van der Waals surface area contributed by atoms with Crippen molar-refractivity contribution in [3.05, 3.63) is 60.4 Å². The Balaban J connectivity index is 2.11. The Bertz CT molecular complexity index is 1010. The molecule has 1 N–H and O–H groups in total. The molecule has 0 saturated carbocycles. The number of amides is 1. The first-order chi connectivity index (χ1) is 11.9. The first kappa shape index (κ1) is 16.8. The zero-order valence-electron chi connectivity index (χ0n) is 13.2. The Morgan fingerprint density at radius 1 is 1.08 bits per heavy atom. The van der Waals surface area contributed by atoms with Gasteiger partial charge in [0.05, 0.1) is 16.3 Å². The summed E-state index contributed by atoms with van der Waals surface area (Å²) in [6, 6.07) is 13.7. The SMILES string of the molecule is CS(=O)(=O)c1ccc(-c2cc(NC=O)nn2-c2ccc(F)cc2)cc1. The molecule has 0 atom stereocenters.